The van der Waals surface area contributed by atoms with E-state index in [0.717, 1.165) is 10.9 Å². The second-order valence-electron chi connectivity index (χ2n) is 4.41. The Bertz CT molecular complexity index is 824. The molecule has 0 unspecified atom stereocenters. The van der Waals surface area contributed by atoms with Crippen molar-refractivity contribution in [2.24, 2.45) is 0 Å². The summed E-state index contributed by atoms with van der Waals surface area (Å²) in [6, 6.07) is 11.7. The molecule has 0 saturated heterocycles. The van der Waals surface area contributed by atoms with E-state index in [1.807, 2.05) is 19.1 Å². The zero-order valence-electron chi connectivity index (χ0n) is 10.3. The Hall–Kier alpha value is -2.49. The number of aromatic nitrogens is 2. The molecule has 0 bridgehead atoms. The van der Waals surface area contributed by atoms with Crippen LogP contribution in [0.15, 0.2) is 47.3 Å². The van der Waals surface area contributed by atoms with Crippen LogP contribution in [0.4, 0.5) is 4.39 Å². The third-order valence-electron chi connectivity index (χ3n) is 3.15. The number of halogens is 1. The first-order valence-corrected chi connectivity index (χ1v) is 5.91. The Labute approximate surface area is 108 Å². The average Bonchev–Trinajstić information content (AvgIpc) is 2.43. The van der Waals surface area contributed by atoms with Crippen LogP contribution < -0.4 is 5.56 Å². The summed E-state index contributed by atoms with van der Waals surface area (Å²) in [6.45, 7) is 1.89. The largest absolute Gasteiger partial charge is 0.272 e. The fourth-order valence-corrected chi connectivity index (χ4v) is 2.17. The highest BCUT2D eigenvalue weighted by molar-refractivity contribution is 5.94. The number of nitrogens with zero attached hydrogens (tertiary/aromatic N) is 1. The molecule has 0 radical (unpaired) electrons. The first kappa shape index (κ1) is 11.6. The van der Waals surface area contributed by atoms with Crippen molar-refractivity contribution < 1.29 is 4.39 Å². The summed E-state index contributed by atoms with van der Waals surface area (Å²) in [5.74, 6) is -0.322. The molecule has 19 heavy (non-hydrogen) atoms. The minimum Gasteiger partial charge on any atom is -0.267 e. The predicted molar refractivity (Wildman–Crippen MR) is 72.5 cm³/mol. The van der Waals surface area contributed by atoms with E-state index in [-0.39, 0.29) is 11.4 Å². The van der Waals surface area contributed by atoms with E-state index in [9.17, 15) is 9.18 Å². The normalized spacial score (nSPS) is 10.8. The van der Waals surface area contributed by atoms with Gasteiger partial charge >= 0.3 is 0 Å². The fourth-order valence-electron chi connectivity index (χ4n) is 2.17. The van der Waals surface area contributed by atoms with E-state index < -0.39 is 0 Å². The third kappa shape index (κ3) is 1.91. The molecule has 3 rings (SSSR count). The van der Waals surface area contributed by atoms with Crippen LogP contribution in [-0.2, 0) is 0 Å². The molecule has 94 valence electrons. The minimum atomic E-state index is -0.322. The maximum atomic E-state index is 13.4. The highest BCUT2D eigenvalue weighted by Gasteiger charge is 2.11. The van der Waals surface area contributed by atoms with E-state index in [4.69, 9.17) is 0 Å². The van der Waals surface area contributed by atoms with E-state index >= 15 is 0 Å². The van der Waals surface area contributed by atoms with Gasteiger partial charge in [-0.25, -0.2) is 9.49 Å². The van der Waals surface area contributed by atoms with E-state index in [2.05, 4.69) is 10.2 Å². The first-order valence-electron chi connectivity index (χ1n) is 5.91. The fraction of sp³-hybridized carbons (Fsp3) is 0.0667. The van der Waals surface area contributed by atoms with Crippen molar-refractivity contribution >= 4 is 10.8 Å². The van der Waals surface area contributed by atoms with Crippen LogP contribution in [-0.4, -0.2) is 10.2 Å². The predicted octanol–water partition coefficient (Wildman–Crippen LogP) is 3.04. The molecule has 0 saturated carbocycles. The van der Waals surface area contributed by atoms with Gasteiger partial charge in [-0.2, -0.15) is 5.10 Å². The van der Waals surface area contributed by atoms with Gasteiger partial charge in [-0.3, -0.25) is 4.79 Å². The molecular weight excluding hydrogens is 243 g/mol. The third-order valence-corrected chi connectivity index (χ3v) is 3.15. The van der Waals surface area contributed by atoms with Gasteiger partial charge in [0.2, 0.25) is 0 Å². The van der Waals surface area contributed by atoms with Gasteiger partial charge in [0.05, 0.1) is 11.1 Å². The standard InChI is InChI=1S/C15H11FN2O/c1-9-6-7-10(16)8-13(9)14-11-4-2-3-5-12(11)15(19)18-17-14/h2-8H,1H3,(H,18,19). The molecule has 2 aromatic carbocycles. The summed E-state index contributed by atoms with van der Waals surface area (Å²) in [6.07, 6.45) is 0. The number of hydrogen-bond acceptors (Lipinski definition) is 2. The molecule has 0 fully saturated rings. The summed E-state index contributed by atoms with van der Waals surface area (Å²) < 4.78 is 13.4. The van der Waals surface area contributed by atoms with Crippen molar-refractivity contribution in [2.75, 3.05) is 0 Å². The highest BCUT2D eigenvalue weighted by Crippen LogP contribution is 2.27. The van der Waals surface area contributed by atoms with Gasteiger partial charge in [0.1, 0.15) is 5.82 Å². The second kappa shape index (κ2) is 4.31. The number of aryl methyl sites for hydroxylation is 1. The van der Waals surface area contributed by atoms with Crippen molar-refractivity contribution in [2.45, 2.75) is 6.92 Å². The SMILES string of the molecule is Cc1ccc(F)cc1-c1n[nH]c(=O)c2ccccc12. The number of hydrogen-bond donors (Lipinski definition) is 1. The van der Waals surface area contributed by atoms with Crippen LogP contribution in [0.3, 0.4) is 0 Å². The Balaban J connectivity index is 2.41. The summed E-state index contributed by atoms with van der Waals surface area (Å²) in [7, 11) is 0. The Kier molecular flexibility index (Phi) is 2.63. The average molecular weight is 254 g/mol. The maximum absolute atomic E-state index is 13.4. The van der Waals surface area contributed by atoms with Crippen molar-refractivity contribution in [3.63, 3.8) is 0 Å². The zero-order valence-corrected chi connectivity index (χ0v) is 10.3. The highest BCUT2D eigenvalue weighted by atomic mass is 19.1. The molecule has 1 aromatic heterocycles. The number of rotatable bonds is 1. The molecule has 3 nitrogen and oxygen atoms in total. The summed E-state index contributed by atoms with van der Waals surface area (Å²) in [4.78, 5) is 11.7. The van der Waals surface area contributed by atoms with E-state index in [1.54, 1.807) is 18.2 Å². The monoisotopic (exact) mass is 254 g/mol. The minimum absolute atomic E-state index is 0.242. The van der Waals surface area contributed by atoms with Crippen LogP contribution in [0, 0.1) is 12.7 Å². The Morgan fingerprint density at radius 2 is 1.84 bits per heavy atom. The van der Waals surface area contributed by atoms with Gasteiger partial charge in [0.25, 0.3) is 5.56 Å². The number of nitrogens with one attached hydrogen (secondary N) is 1. The van der Waals surface area contributed by atoms with Gasteiger partial charge < -0.3 is 0 Å². The lowest BCUT2D eigenvalue weighted by atomic mass is 10.0. The van der Waals surface area contributed by atoms with Gasteiger partial charge in [-0.1, -0.05) is 24.3 Å². The number of aromatic amines is 1. The van der Waals surface area contributed by atoms with Crippen LogP contribution in [0.5, 0.6) is 0 Å². The van der Waals surface area contributed by atoms with Crippen molar-refractivity contribution in [1.82, 2.24) is 10.2 Å². The molecule has 4 heteroatoms. The molecular formula is C15H11FN2O. The zero-order chi connectivity index (χ0) is 13.4. The van der Waals surface area contributed by atoms with Crippen LogP contribution in [0.1, 0.15) is 5.56 Å². The van der Waals surface area contributed by atoms with Gasteiger partial charge in [0.15, 0.2) is 0 Å². The smallest absolute Gasteiger partial charge is 0.267 e. The van der Waals surface area contributed by atoms with Gasteiger partial charge in [0, 0.05) is 10.9 Å². The second-order valence-corrected chi connectivity index (χ2v) is 4.41. The molecule has 0 aliphatic heterocycles. The van der Waals surface area contributed by atoms with Crippen LogP contribution >= 0.6 is 0 Å². The topological polar surface area (TPSA) is 45.8 Å². The Morgan fingerprint density at radius 3 is 2.63 bits per heavy atom. The van der Waals surface area contributed by atoms with Gasteiger partial charge in [-0.05, 0) is 30.7 Å². The van der Waals surface area contributed by atoms with Crippen LogP contribution in [0.2, 0.25) is 0 Å². The summed E-state index contributed by atoms with van der Waals surface area (Å²) >= 11 is 0. The lowest BCUT2D eigenvalue weighted by Gasteiger charge is -2.08. The number of benzene rings is 2. The maximum Gasteiger partial charge on any atom is 0.272 e. The summed E-state index contributed by atoms with van der Waals surface area (Å²) in [5.41, 5.74) is 1.94. The summed E-state index contributed by atoms with van der Waals surface area (Å²) in [5, 5.41) is 7.81. The molecule has 0 aliphatic carbocycles. The number of fused-ring (bicyclic) bond motifs is 1. The van der Waals surface area contributed by atoms with Crippen molar-refractivity contribution in [3.8, 4) is 11.3 Å². The van der Waals surface area contributed by atoms with Crippen molar-refractivity contribution in [1.29, 1.82) is 0 Å². The quantitative estimate of drug-likeness (QED) is 0.725. The molecule has 0 spiro atoms. The lowest BCUT2D eigenvalue weighted by molar-refractivity contribution is 0.628. The van der Waals surface area contributed by atoms with Gasteiger partial charge in [-0.15, -0.1) is 0 Å². The van der Waals surface area contributed by atoms with Crippen molar-refractivity contribution in [3.05, 3.63) is 64.2 Å². The Morgan fingerprint density at radius 1 is 1.11 bits per heavy atom. The molecule has 1 N–H and O–H groups in total. The van der Waals surface area contributed by atoms with E-state index in [1.165, 1.54) is 12.1 Å². The molecule has 0 atom stereocenters. The first-order chi connectivity index (χ1) is 9.16. The molecule has 1 heterocycles. The lowest BCUT2D eigenvalue weighted by Crippen LogP contribution is -2.09. The molecule has 0 amide bonds. The number of H-pyrrole nitrogens is 1. The molecule has 0 aliphatic rings. The van der Waals surface area contributed by atoms with Crippen LogP contribution in [0.25, 0.3) is 22.0 Å². The van der Waals surface area contributed by atoms with E-state index in [0.29, 0.717) is 16.6 Å². The molecule has 3 aromatic rings.